The van der Waals surface area contributed by atoms with E-state index < -0.39 is 51.1 Å². The Hall–Kier alpha value is -0.140. The highest BCUT2D eigenvalue weighted by Gasteiger charge is 2.90. The number of esters is 1. The van der Waals surface area contributed by atoms with Crippen LogP contribution in [0.15, 0.2) is 0 Å². The molecule has 0 aromatic rings. The highest BCUT2D eigenvalue weighted by Crippen LogP contribution is 2.64. The van der Waals surface area contributed by atoms with E-state index in [2.05, 4.69) is 51.1 Å². The van der Waals surface area contributed by atoms with Crippen molar-refractivity contribution < 1.29 is 57.8 Å². The van der Waals surface area contributed by atoms with Crippen LogP contribution >= 0.6 is 46.4 Å². The summed E-state index contributed by atoms with van der Waals surface area (Å²) in [7, 11) is 0. The van der Waals surface area contributed by atoms with Crippen LogP contribution < -0.4 is 0 Å². The molecular formula is C16H17Cl4F11O2. The minimum Gasteiger partial charge on any atom is -0.461 e. The van der Waals surface area contributed by atoms with E-state index in [9.17, 15) is 53.1 Å². The van der Waals surface area contributed by atoms with Crippen LogP contribution in [0.2, 0.25) is 0 Å². The third kappa shape index (κ3) is 5.99. The zero-order chi connectivity index (χ0) is 26.7. The molecule has 0 heterocycles. The van der Waals surface area contributed by atoms with Gasteiger partial charge in [0.1, 0.15) is 0 Å². The molecule has 0 N–H and O–H groups in total. The highest BCUT2D eigenvalue weighted by atomic mass is 35.5. The SMILES string of the molecule is CCCCCCCCOC(=O)C(F)(F)C(F)(Cl)C(F)(F)C(F)(Cl)C(F)(F)C(F)(Cl)C(F)(F)Cl. The summed E-state index contributed by atoms with van der Waals surface area (Å²) < 4.78 is 155. The number of unbranched alkanes of at least 4 members (excludes halogenated alkanes) is 5. The van der Waals surface area contributed by atoms with E-state index in [-0.39, 0.29) is 6.42 Å². The van der Waals surface area contributed by atoms with Crippen molar-refractivity contribution in [3.63, 3.8) is 0 Å². The predicted octanol–water partition coefficient (Wildman–Crippen LogP) is 8.34. The molecule has 0 rings (SSSR count). The van der Waals surface area contributed by atoms with Crippen LogP contribution in [-0.2, 0) is 9.53 Å². The standard InChI is InChI=1S/C16H17Cl4F11O2/c1-2-3-4-5-6-7-8-33-9(32)10(21,22)11(17,23)14(26,27)12(18,24)15(28,29)13(19,25)16(20,30)31/h2-8H2,1H3. The van der Waals surface area contributed by atoms with Gasteiger partial charge in [0.25, 0.3) is 0 Å². The number of halogens is 15. The lowest BCUT2D eigenvalue weighted by Crippen LogP contribution is -2.72. The second-order valence-corrected chi connectivity index (χ2v) is 8.88. The van der Waals surface area contributed by atoms with E-state index in [1.807, 2.05) is 6.92 Å². The Kier molecular flexibility index (Phi) is 10.8. The maximum atomic E-state index is 14.2. The monoisotopic (exact) mass is 590 g/mol. The second-order valence-electron chi connectivity index (χ2n) is 6.85. The third-order valence-corrected chi connectivity index (χ3v) is 6.10. The summed E-state index contributed by atoms with van der Waals surface area (Å²) in [6, 6.07) is 0. The molecule has 2 nitrogen and oxygen atoms in total. The Labute approximate surface area is 201 Å². The molecule has 0 aliphatic rings. The molecule has 0 aliphatic carbocycles. The predicted molar refractivity (Wildman–Crippen MR) is 99.1 cm³/mol. The zero-order valence-electron chi connectivity index (χ0n) is 16.4. The minimum atomic E-state index is -7.16. The fourth-order valence-corrected chi connectivity index (χ4v) is 3.05. The van der Waals surface area contributed by atoms with Crippen molar-refractivity contribution in [3.8, 4) is 0 Å². The van der Waals surface area contributed by atoms with E-state index in [0.717, 1.165) is 19.3 Å². The number of rotatable bonds is 14. The summed E-state index contributed by atoms with van der Waals surface area (Å²) in [5.74, 6) is -23.7. The van der Waals surface area contributed by atoms with Gasteiger partial charge in [0.2, 0.25) is 0 Å². The van der Waals surface area contributed by atoms with Crippen LogP contribution in [0.25, 0.3) is 0 Å². The van der Waals surface area contributed by atoms with E-state index in [1.54, 1.807) is 0 Å². The van der Waals surface area contributed by atoms with Crippen LogP contribution in [0.1, 0.15) is 45.4 Å². The second kappa shape index (κ2) is 10.9. The number of hydrogen-bond donors (Lipinski definition) is 0. The number of hydrogen-bond acceptors (Lipinski definition) is 2. The first-order valence-electron chi connectivity index (χ1n) is 8.99. The van der Waals surface area contributed by atoms with Crippen molar-refractivity contribution in [1.82, 2.24) is 0 Å². The lowest BCUT2D eigenvalue weighted by Gasteiger charge is -2.43. The molecule has 0 saturated carbocycles. The first-order chi connectivity index (χ1) is 14.5. The van der Waals surface area contributed by atoms with Gasteiger partial charge in [-0.25, -0.2) is 18.0 Å². The van der Waals surface area contributed by atoms with Crippen LogP contribution in [0.3, 0.4) is 0 Å². The molecule has 0 saturated heterocycles. The molecule has 0 amide bonds. The van der Waals surface area contributed by atoms with Crippen LogP contribution in [0, 0.1) is 0 Å². The first kappa shape index (κ1) is 32.9. The number of ether oxygens (including phenoxy) is 1. The topological polar surface area (TPSA) is 26.3 Å². The quantitative estimate of drug-likeness (QED) is 0.0878. The lowest BCUT2D eigenvalue weighted by atomic mass is 9.94. The smallest absolute Gasteiger partial charge is 0.395 e. The van der Waals surface area contributed by atoms with E-state index >= 15 is 0 Å². The molecule has 33 heavy (non-hydrogen) atoms. The average molecular weight is 592 g/mol. The van der Waals surface area contributed by atoms with E-state index in [0.29, 0.717) is 12.8 Å². The van der Waals surface area contributed by atoms with Gasteiger partial charge in [-0.15, -0.1) is 0 Å². The van der Waals surface area contributed by atoms with Gasteiger partial charge in [-0.1, -0.05) is 73.8 Å². The summed E-state index contributed by atoms with van der Waals surface area (Å²) in [5.41, 5.74) is 0. The van der Waals surface area contributed by atoms with Gasteiger partial charge in [0, 0.05) is 0 Å². The van der Waals surface area contributed by atoms with Gasteiger partial charge in [-0.3, -0.25) is 0 Å². The number of carbonyl (C=O) groups is 1. The molecular weight excluding hydrogens is 575 g/mol. The van der Waals surface area contributed by atoms with Gasteiger partial charge in [-0.05, 0) is 18.0 Å². The van der Waals surface area contributed by atoms with Crippen molar-refractivity contribution >= 4 is 52.4 Å². The molecule has 0 bridgehead atoms. The van der Waals surface area contributed by atoms with E-state index in [1.165, 1.54) is 0 Å². The van der Waals surface area contributed by atoms with Gasteiger partial charge < -0.3 is 4.74 Å². The lowest BCUT2D eigenvalue weighted by molar-refractivity contribution is -0.305. The molecule has 198 valence electrons. The van der Waals surface area contributed by atoms with Crippen molar-refractivity contribution in [3.05, 3.63) is 0 Å². The van der Waals surface area contributed by atoms with Crippen molar-refractivity contribution in [2.24, 2.45) is 0 Å². The van der Waals surface area contributed by atoms with Gasteiger partial charge >= 0.3 is 44.5 Å². The average Bonchev–Trinajstić information content (AvgIpc) is 2.65. The fourth-order valence-electron chi connectivity index (χ4n) is 2.23. The molecule has 0 aromatic carbocycles. The summed E-state index contributed by atoms with van der Waals surface area (Å²) in [6.07, 6.45) is 3.17. The normalized spacial score (nSPS) is 19.4. The molecule has 17 heteroatoms. The summed E-state index contributed by atoms with van der Waals surface area (Å²) in [4.78, 5) is 11.4. The fraction of sp³-hybridized carbons (Fsp3) is 0.938. The molecule has 0 aromatic heterocycles. The molecule has 0 radical (unpaired) electrons. The Bertz CT molecular complexity index is 667. The van der Waals surface area contributed by atoms with Gasteiger partial charge in [0.05, 0.1) is 6.61 Å². The molecule has 3 atom stereocenters. The minimum absolute atomic E-state index is 0.106. The molecule has 0 aliphatic heterocycles. The Morgan fingerprint density at radius 1 is 0.636 bits per heavy atom. The van der Waals surface area contributed by atoms with Crippen LogP contribution in [0.5, 0.6) is 0 Å². The summed E-state index contributed by atoms with van der Waals surface area (Å²) in [6.45, 7) is 1.00. The first-order valence-corrected chi connectivity index (χ1v) is 10.5. The van der Waals surface area contributed by atoms with Crippen LogP contribution in [0.4, 0.5) is 48.3 Å². The Morgan fingerprint density at radius 3 is 1.45 bits per heavy atom. The largest absolute Gasteiger partial charge is 0.461 e. The maximum Gasteiger partial charge on any atom is 0.395 e. The van der Waals surface area contributed by atoms with Crippen molar-refractivity contribution in [2.75, 3.05) is 6.61 Å². The Morgan fingerprint density at radius 2 is 1.03 bits per heavy atom. The summed E-state index contributed by atoms with van der Waals surface area (Å²) >= 11 is 16.3. The van der Waals surface area contributed by atoms with Gasteiger partial charge in [0.15, 0.2) is 0 Å². The molecule has 0 spiro atoms. The maximum absolute atomic E-state index is 14.2. The molecule has 0 fully saturated rings. The number of alkyl halides is 15. The van der Waals surface area contributed by atoms with Crippen molar-refractivity contribution in [2.45, 2.75) is 84.0 Å². The number of carbonyl (C=O) groups excluding carboxylic acids is 1. The van der Waals surface area contributed by atoms with Crippen LogP contribution in [-0.4, -0.2) is 51.1 Å². The zero-order valence-corrected chi connectivity index (χ0v) is 19.5. The summed E-state index contributed by atoms with van der Waals surface area (Å²) in [5, 5.41) is -25.6. The molecule has 3 unspecified atom stereocenters. The Balaban J connectivity index is 5.78. The van der Waals surface area contributed by atoms with E-state index in [4.69, 9.17) is 0 Å². The van der Waals surface area contributed by atoms with Gasteiger partial charge in [-0.2, -0.15) is 35.1 Å². The third-order valence-electron chi connectivity index (χ3n) is 4.32. The highest BCUT2D eigenvalue weighted by molar-refractivity contribution is 6.34. The van der Waals surface area contributed by atoms with Crippen molar-refractivity contribution in [1.29, 1.82) is 0 Å².